The van der Waals surface area contributed by atoms with Gasteiger partial charge in [0.25, 0.3) is 0 Å². The second-order valence-corrected chi connectivity index (χ2v) is 8.75. The molecule has 0 spiro atoms. The minimum atomic E-state index is -1.62. The average molecular weight is 544 g/mol. The third-order valence-corrected chi connectivity index (χ3v) is 5.87. The second-order valence-electron chi connectivity index (χ2n) is 8.75. The number of para-hydroxylation sites is 1. The summed E-state index contributed by atoms with van der Waals surface area (Å²) in [6, 6.07) is 1.56. The van der Waals surface area contributed by atoms with E-state index in [-0.39, 0.29) is 12.8 Å². The molecule has 39 heavy (non-hydrogen) atoms. The van der Waals surface area contributed by atoms with Crippen molar-refractivity contribution in [1.82, 2.24) is 30.9 Å². The van der Waals surface area contributed by atoms with Crippen LogP contribution in [0.25, 0.3) is 10.9 Å². The molecule has 4 atom stereocenters. The number of aliphatic hydroxyl groups is 1. The van der Waals surface area contributed by atoms with Crippen LogP contribution in [0, 0.1) is 0 Å². The first-order chi connectivity index (χ1) is 18.6. The van der Waals surface area contributed by atoms with Crippen LogP contribution in [0.15, 0.2) is 43.0 Å². The van der Waals surface area contributed by atoms with Gasteiger partial charge in [-0.15, -0.1) is 0 Å². The predicted molar refractivity (Wildman–Crippen MR) is 135 cm³/mol. The molecule has 0 aliphatic rings. The molecular weight excluding hydrogens is 514 g/mol. The summed E-state index contributed by atoms with van der Waals surface area (Å²) >= 11 is 0. The van der Waals surface area contributed by atoms with Gasteiger partial charge in [-0.2, -0.15) is 0 Å². The molecule has 0 aliphatic carbocycles. The number of aliphatic carboxylic acids is 2. The Morgan fingerprint density at radius 2 is 1.54 bits per heavy atom. The van der Waals surface area contributed by atoms with Gasteiger partial charge in [-0.05, 0) is 11.6 Å². The number of aromatic nitrogens is 3. The molecule has 3 aromatic rings. The lowest BCUT2D eigenvalue weighted by atomic mass is 10.0. The van der Waals surface area contributed by atoms with Crippen molar-refractivity contribution in [3.8, 4) is 0 Å². The van der Waals surface area contributed by atoms with E-state index in [1.807, 2.05) is 18.2 Å². The van der Waals surface area contributed by atoms with E-state index in [4.69, 9.17) is 10.8 Å². The van der Waals surface area contributed by atoms with Crippen molar-refractivity contribution in [2.75, 3.05) is 6.61 Å². The van der Waals surface area contributed by atoms with Crippen LogP contribution in [0.1, 0.15) is 17.7 Å². The fraction of sp³-hybridized carbons (Fsp3) is 0.333. The molecule has 0 saturated carbocycles. The number of carboxylic acid groups (broad SMARTS) is 2. The monoisotopic (exact) mass is 543 g/mol. The SMILES string of the molecule is NC(CC(=O)O)C(=O)NC(Cc1c[nH]c2ccccc12)C(=O)NC(Cc1cnc[nH]1)C(=O)NC(CO)C(=O)O. The molecule has 208 valence electrons. The molecule has 1 aromatic carbocycles. The molecule has 3 rings (SSSR count). The van der Waals surface area contributed by atoms with Gasteiger partial charge in [0.15, 0.2) is 0 Å². The summed E-state index contributed by atoms with van der Waals surface area (Å²) < 4.78 is 0. The van der Waals surface area contributed by atoms with Crippen LogP contribution in [-0.2, 0) is 36.8 Å². The summed E-state index contributed by atoms with van der Waals surface area (Å²) in [4.78, 5) is 71.1. The van der Waals surface area contributed by atoms with Gasteiger partial charge >= 0.3 is 11.9 Å². The molecule has 10 N–H and O–H groups in total. The maximum absolute atomic E-state index is 13.5. The van der Waals surface area contributed by atoms with Crippen molar-refractivity contribution in [2.45, 2.75) is 43.4 Å². The van der Waals surface area contributed by atoms with Crippen LogP contribution < -0.4 is 21.7 Å². The summed E-state index contributed by atoms with van der Waals surface area (Å²) in [5.74, 6) is -5.39. The van der Waals surface area contributed by atoms with Crippen LogP contribution in [0.5, 0.6) is 0 Å². The van der Waals surface area contributed by atoms with E-state index in [1.54, 1.807) is 12.3 Å². The first-order valence-electron chi connectivity index (χ1n) is 11.8. The van der Waals surface area contributed by atoms with Gasteiger partial charge in [-0.3, -0.25) is 19.2 Å². The number of carbonyl (C=O) groups is 5. The van der Waals surface area contributed by atoms with Crippen molar-refractivity contribution in [2.24, 2.45) is 5.73 Å². The van der Waals surface area contributed by atoms with Crippen molar-refractivity contribution in [3.05, 3.63) is 54.2 Å². The molecular formula is C24H29N7O8. The smallest absolute Gasteiger partial charge is 0.328 e. The maximum Gasteiger partial charge on any atom is 0.328 e. The minimum Gasteiger partial charge on any atom is -0.481 e. The first kappa shape index (κ1) is 28.8. The van der Waals surface area contributed by atoms with E-state index < -0.39 is 66.9 Å². The lowest BCUT2D eigenvalue weighted by Gasteiger charge is -2.24. The molecule has 2 heterocycles. The summed E-state index contributed by atoms with van der Waals surface area (Å²) in [6.45, 7) is -0.882. The number of fused-ring (bicyclic) bond motifs is 1. The van der Waals surface area contributed by atoms with E-state index in [2.05, 4.69) is 30.9 Å². The van der Waals surface area contributed by atoms with Gasteiger partial charge in [0.2, 0.25) is 17.7 Å². The number of nitrogens with one attached hydrogen (secondary N) is 5. The van der Waals surface area contributed by atoms with Crippen molar-refractivity contribution in [1.29, 1.82) is 0 Å². The number of rotatable bonds is 14. The van der Waals surface area contributed by atoms with Crippen LogP contribution in [0.4, 0.5) is 0 Å². The maximum atomic E-state index is 13.5. The number of nitrogens with zero attached hydrogens (tertiary/aromatic N) is 1. The Hall–Kier alpha value is -4.76. The van der Waals surface area contributed by atoms with Gasteiger partial charge in [0.05, 0.1) is 25.4 Å². The zero-order valence-electron chi connectivity index (χ0n) is 20.6. The summed E-state index contributed by atoms with van der Waals surface area (Å²) in [7, 11) is 0. The van der Waals surface area contributed by atoms with Crippen LogP contribution in [-0.4, -0.2) is 90.7 Å². The highest BCUT2D eigenvalue weighted by molar-refractivity contribution is 5.95. The van der Waals surface area contributed by atoms with Crippen LogP contribution >= 0.6 is 0 Å². The quantitative estimate of drug-likeness (QED) is 0.108. The fourth-order valence-electron chi connectivity index (χ4n) is 3.84. The lowest BCUT2D eigenvalue weighted by molar-refractivity contribution is -0.143. The Balaban J connectivity index is 1.86. The normalized spacial score (nSPS) is 14.1. The summed E-state index contributed by atoms with van der Waals surface area (Å²) in [5, 5.41) is 35.4. The van der Waals surface area contributed by atoms with E-state index in [0.29, 0.717) is 11.3 Å². The highest BCUT2D eigenvalue weighted by Gasteiger charge is 2.31. The number of nitrogens with two attached hydrogens (primary N) is 1. The molecule has 4 unspecified atom stereocenters. The van der Waals surface area contributed by atoms with E-state index in [9.17, 15) is 34.2 Å². The molecule has 15 nitrogen and oxygen atoms in total. The van der Waals surface area contributed by atoms with E-state index in [1.165, 1.54) is 12.5 Å². The molecule has 2 aromatic heterocycles. The lowest BCUT2D eigenvalue weighted by Crippen LogP contribution is -2.58. The van der Waals surface area contributed by atoms with Gasteiger partial charge in [-0.25, -0.2) is 9.78 Å². The molecule has 0 bridgehead atoms. The highest BCUT2D eigenvalue weighted by Crippen LogP contribution is 2.19. The Bertz CT molecular complexity index is 1320. The van der Waals surface area contributed by atoms with E-state index >= 15 is 0 Å². The summed E-state index contributed by atoms with van der Waals surface area (Å²) in [6.07, 6.45) is 3.57. The number of amides is 3. The molecule has 15 heteroatoms. The number of imidazole rings is 1. The fourth-order valence-corrected chi connectivity index (χ4v) is 3.84. The molecule has 0 radical (unpaired) electrons. The van der Waals surface area contributed by atoms with Crippen molar-refractivity contribution >= 4 is 40.6 Å². The number of hydrogen-bond acceptors (Lipinski definition) is 8. The standard InChI is InChI=1S/C24H29N7O8/c25-15(7-20(33)34)21(35)29-17(5-12-8-27-16-4-2-1-3-14(12)16)22(36)30-18(6-13-9-26-11-28-13)23(37)31-19(10-32)24(38)39/h1-4,8-9,11,15,17-19,27,32H,5-7,10,25H2,(H,26,28)(H,29,35)(H,30,36)(H,31,37)(H,33,34)(H,38,39). The number of aromatic amines is 2. The zero-order valence-corrected chi connectivity index (χ0v) is 20.6. The molecule has 0 aliphatic heterocycles. The molecule has 0 saturated heterocycles. The topological polar surface area (TPSA) is 253 Å². The third-order valence-electron chi connectivity index (χ3n) is 5.87. The molecule has 0 fully saturated rings. The Kier molecular flexibility index (Phi) is 9.72. The zero-order chi connectivity index (χ0) is 28.5. The predicted octanol–water partition coefficient (Wildman–Crippen LogP) is -1.99. The summed E-state index contributed by atoms with van der Waals surface area (Å²) in [5.41, 5.74) is 7.55. The number of benzene rings is 1. The number of hydrogen-bond donors (Lipinski definition) is 9. The average Bonchev–Trinajstić information content (AvgIpc) is 3.55. The van der Waals surface area contributed by atoms with Crippen molar-refractivity contribution in [3.63, 3.8) is 0 Å². The Morgan fingerprint density at radius 3 is 2.15 bits per heavy atom. The number of carboxylic acids is 2. The Morgan fingerprint density at radius 1 is 0.897 bits per heavy atom. The van der Waals surface area contributed by atoms with Gasteiger partial charge in [0, 0.05) is 41.8 Å². The van der Waals surface area contributed by atoms with Gasteiger partial charge in [-0.1, -0.05) is 18.2 Å². The van der Waals surface area contributed by atoms with Crippen LogP contribution in [0.2, 0.25) is 0 Å². The first-order valence-corrected chi connectivity index (χ1v) is 11.8. The third kappa shape index (κ3) is 7.86. The van der Waals surface area contributed by atoms with Gasteiger partial charge in [0.1, 0.15) is 18.1 Å². The second kappa shape index (κ2) is 13.2. The van der Waals surface area contributed by atoms with Gasteiger partial charge < -0.3 is 47.0 Å². The van der Waals surface area contributed by atoms with Crippen molar-refractivity contribution < 1.29 is 39.3 Å². The highest BCUT2D eigenvalue weighted by atomic mass is 16.4. The van der Waals surface area contributed by atoms with Crippen LogP contribution in [0.3, 0.4) is 0 Å². The molecule has 3 amide bonds. The number of carbonyl (C=O) groups excluding carboxylic acids is 3. The van der Waals surface area contributed by atoms with E-state index in [0.717, 1.165) is 10.9 Å². The number of H-pyrrole nitrogens is 2. The minimum absolute atomic E-state index is 0.0475. The number of aliphatic hydroxyl groups excluding tert-OH is 1. The Labute approximate surface area is 221 Å². The largest absolute Gasteiger partial charge is 0.481 e.